The van der Waals surface area contributed by atoms with Gasteiger partial charge in [-0.3, -0.25) is 4.79 Å². The van der Waals surface area contributed by atoms with Crippen molar-refractivity contribution >= 4 is 11.6 Å². The number of aryl methyl sites for hydroxylation is 3. The Hall–Kier alpha value is -2.07. The molecule has 4 heteroatoms. The van der Waals surface area contributed by atoms with Crippen LogP contribution < -0.4 is 10.2 Å². The summed E-state index contributed by atoms with van der Waals surface area (Å²) in [7, 11) is 2.08. The van der Waals surface area contributed by atoms with Gasteiger partial charge in [-0.25, -0.2) is 0 Å². The molecule has 1 unspecified atom stereocenters. The third-order valence-corrected chi connectivity index (χ3v) is 4.87. The average Bonchev–Trinajstić information content (AvgIpc) is 3.10. The standard InChI is InChI=1S/C19H25N3O/c1-14-8-9-16(15(2)12-14)20-19(23)13-22-11-5-7-18(22)17-6-4-10-21(17)3/h4,6,8-10,12,18H,5,7,11,13H2,1-3H3,(H,20,23)/p+1/t18-/m0/s1. The minimum atomic E-state index is 0.105. The molecule has 1 amide bonds. The number of carbonyl (C=O) groups excluding carboxylic acids is 1. The predicted molar refractivity (Wildman–Crippen MR) is 92.6 cm³/mol. The monoisotopic (exact) mass is 312 g/mol. The van der Waals surface area contributed by atoms with E-state index < -0.39 is 0 Å². The largest absolute Gasteiger partial charge is 0.350 e. The molecule has 2 heterocycles. The van der Waals surface area contributed by atoms with E-state index in [9.17, 15) is 4.79 Å². The smallest absolute Gasteiger partial charge is 0.279 e. The molecule has 23 heavy (non-hydrogen) atoms. The van der Waals surface area contributed by atoms with Crippen LogP contribution in [-0.2, 0) is 11.8 Å². The minimum Gasteiger partial charge on any atom is -0.350 e. The fourth-order valence-electron chi connectivity index (χ4n) is 3.67. The van der Waals surface area contributed by atoms with E-state index in [1.165, 1.54) is 22.6 Å². The van der Waals surface area contributed by atoms with E-state index in [1.807, 2.05) is 19.1 Å². The summed E-state index contributed by atoms with van der Waals surface area (Å²) in [5.74, 6) is 0.105. The van der Waals surface area contributed by atoms with Gasteiger partial charge >= 0.3 is 0 Å². The molecule has 2 aromatic rings. The fraction of sp³-hybridized carbons (Fsp3) is 0.421. The maximum Gasteiger partial charge on any atom is 0.279 e. The molecule has 1 aromatic carbocycles. The third kappa shape index (κ3) is 3.48. The molecule has 0 saturated carbocycles. The van der Waals surface area contributed by atoms with Crippen LogP contribution in [0.1, 0.15) is 35.7 Å². The first-order valence-electron chi connectivity index (χ1n) is 8.37. The van der Waals surface area contributed by atoms with Crippen molar-refractivity contribution in [2.45, 2.75) is 32.7 Å². The molecule has 1 saturated heterocycles. The molecule has 3 rings (SSSR count). The highest BCUT2D eigenvalue weighted by molar-refractivity contribution is 5.92. The number of hydrogen-bond acceptors (Lipinski definition) is 1. The summed E-state index contributed by atoms with van der Waals surface area (Å²) in [6.07, 6.45) is 4.42. The summed E-state index contributed by atoms with van der Waals surface area (Å²) in [6.45, 7) is 5.70. The number of rotatable bonds is 4. The van der Waals surface area contributed by atoms with E-state index in [2.05, 4.69) is 48.3 Å². The van der Waals surface area contributed by atoms with Gasteiger partial charge in [-0.15, -0.1) is 0 Å². The highest BCUT2D eigenvalue weighted by atomic mass is 16.2. The second-order valence-corrected chi connectivity index (χ2v) is 6.69. The lowest BCUT2D eigenvalue weighted by Gasteiger charge is -2.22. The Morgan fingerprint density at radius 1 is 1.35 bits per heavy atom. The van der Waals surface area contributed by atoms with Gasteiger partial charge in [-0.05, 0) is 37.6 Å². The second kappa shape index (κ2) is 6.59. The summed E-state index contributed by atoms with van der Waals surface area (Å²) in [5.41, 5.74) is 4.59. The van der Waals surface area contributed by atoms with E-state index in [0.717, 1.165) is 24.2 Å². The number of amides is 1. The van der Waals surface area contributed by atoms with Crippen LogP contribution in [0, 0.1) is 13.8 Å². The lowest BCUT2D eigenvalue weighted by molar-refractivity contribution is -0.910. The molecular formula is C19H26N3O+. The Balaban J connectivity index is 1.66. The predicted octanol–water partition coefficient (Wildman–Crippen LogP) is 2.00. The summed E-state index contributed by atoms with van der Waals surface area (Å²) in [4.78, 5) is 13.8. The van der Waals surface area contributed by atoms with Crippen molar-refractivity contribution in [2.75, 3.05) is 18.4 Å². The van der Waals surface area contributed by atoms with Crippen LogP contribution in [0.15, 0.2) is 36.5 Å². The molecular weight excluding hydrogens is 286 g/mol. The Kier molecular flexibility index (Phi) is 4.53. The Morgan fingerprint density at radius 2 is 2.17 bits per heavy atom. The minimum absolute atomic E-state index is 0.105. The second-order valence-electron chi connectivity index (χ2n) is 6.69. The first-order chi connectivity index (χ1) is 11.0. The summed E-state index contributed by atoms with van der Waals surface area (Å²) in [5, 5.41) is 3.08. The van der Waals surface area contributed by atoms with Gasteiger partial charge in [0.05, 0.1) is 12.2 Å². The van der Waals surface area contributed by atoms with E-state index in [-0.39, 0.29) is 5.91 Å². The van der Waals surface area contributed by atoms with Gasteiger partial charge in [-0.2, -0.15) is 0 Å². The molecule has 2 atom stereocenters. The van der Waals surface area contributed by atoms with Gasteiger partial charge < -0.3 is 14.8 Å². The van der Waals surface area contributed by atoms with Crippen LogP contribution in [-0.4, -0.2) is 23.6 Å². The van der Waals surface area contributed by atoms with Crippen LogP contribution >= 0.6 is 0 Å². The number of nitrogens with one attached hydrogen (secondary N) is 2. The maximum atomic E-state index is 12.5. The molecule has 0 bridgehead atoms. The lowest BCUT2D eigenvalue weighted by Crippen LogP contribution is -3.11. The Labute approximate surface area is 138 Å². The van der Waals surface area contributed by atoms with Crippen molar-refractivity contribution < 1.29 is 9.69 Å². The summed E-state index contributed by atoms with van der Waals surface area (Å²) >= 11 is 0. The molecule has 1 aromatic heterocycles. The number of anilines is 1. The first-order valence-corrected chi connectivity index (χ1v) is 8.37. The molecule has 2 N–H and O–H groups in total. The average molecular weight is 312 g/mol. The van der Waals surface area contributed by atoms with E-state index in [1.54, 1.807) is 0 Å². The van der Waals surface area contributed by atoms with Crippen molar-refractivity contribution in [1.29, 1.82) is 0 Å². The molecule has 4 nitrogen and oxygen atoms in total. The van der Waals surface area contributed by atoms with Gasteiger partial charge in [0.2, 0.25) is 0 Å². The number of likely N-dealkylation sites (tertiary alicyclic amines) is 1. The van der Waals surface area contributed by atoms with Crippen LogP contribution in [0.4, 0.5) is 5.69 Å². The lowest BCUT2D eigenvalue weighted by atomic mass is 10.1. The van der Waals surface area contributed by atoms with Crippen LogP contribution in [0.5, 0.6) is 0 Å². The fourth-order valence-corrected chi connectivity index (χ4v) is 3.67. The van der Waals surface area contributed by atoms with Gasteiger partial charge in [0.15, 0.2) is 6.54 Å². The van der Waals surface area contributed by atoms with Crippen molar-refractivity contribution in [1.82, 2.24) is 4.57 Å². The highest BCUT2D eigenvalue weighted by Gasteiger charge is 2.32. The molecule has 1 aliphatic rings. The molecule has 0 spiro atoms. The number of nitrogens with zero attached hydrogens (tertiary/aromatic N) is 1. The number of carbonyl (C=O) groups is 1. The highest BCUT2D eigenvalue weighted by Crippen LogP contribution is 2.19. The molecule has 122 valence electrons. The van der Waals surface area contributed by atoms with Gasteiger partial charge in [0.1, 0.15) is 6.04 Å². The Bertz CT molecular complexity index is 704. The number of aromatic nitrogens is 1. The van der Waals surface area contributed by atoms with Gasteiger partial charge in [-0.1, -0.05) is 17.7 Å². The third-order valence-electron chi connectivity index (χ3n) is 4.87. The quantitative estimate of drug-likeness (QED) is 0.890. The topological polar surface area (TPSA) is 38.5 Å². The molecule has 0 aliphatic carbocycles. The molecule has 0 radical (unpaired) electrons. The van der Waals surface area contributed by atoms with Crippen LogP contribution in [0.2, 0.25) is 0 Å². The number of hydrogen-bond donors (Lipinski definition) is 2. The molecule has 1 aliphatic heterocycles. The SMILES string of the molecule is Cc1ccc(NC(=O)C[NH+]2CCC[C@H]2c2cccn2C)c(C)c1. The van der Waals surface area contributed by atoms with Crippen molar-refractivity contribution in [3.05, 3.63) is 53.3 Å². The zero-order chi connectivity index (χ0) is 16.4. The van der Waals surface area contributed by atoms with E-state index in [4.69, 9.17) is 0 Å². The van der Waals surface area contributed by atoms with Crippen molar-refractivity contribution in [3.8, 4) is 0 Å². The zero-order valence-corrected chi connectivity index (χ0v) is 14.2. The van der Waals surface area contributed by atoms with Crippen molar-refractivity contribution in [3.63, 3.8) is 0 Å². The van der Waals surface area contributed by atoms with E-state index >= 15 is 0 Å². The summed E-state index contributed by atoms with van der Waals surface area (Å²) in [6, 6.07) is 10.8. The normalized spacial score (nSPS) is 20.7. The number of benzene rings is 1. The summed E-state index contributed by atoms with van der Waals surface area (Å²) < 4.78 is 2.18. The van der Waals surface area contributed by atoms with Crippen LogP contribution in [0.25, 0.3) is 0 Å². The van der Waals surface area contributed by atoms with Crippen LogP contribution in [0.3, 0.4) is 0 Å². The van der Waals surface area contributed by atoms with Gasteiger partial charge in [0, 0.05) is 31.8 Å². The maximum absolute atomic E-state index is 12.5. The zero-order valence-electron chi connectivity index (χ0n) is 14.2. The van der Waals surface area contributed by atoms with Crippen molar-refractivity contribution in [2.24, 2.45) is 7.05 Å². The number of quaternary nitrogens is 1. The first kappa shape index (κ1) is 15.8. The van der Waals surface area contributed by atoms with E-state index in [0.29, 0.717) is 12.6 Å². The molecule has 1 fully saturated rings. The Morgan fingerprint density at radius 3 is 2.87 bits per heavy atom. The van der Waals surface area contributed by atoms with Gasteiger partial charge in [0.25, 0.3) is 5.91 Å².